The van der Waals surface area contributed by atoms with Gasteiger partial charge in [0.05, 0.1) is 26.8 Å². The van der Waals surface area contributed by atoms with Crippen LogP contribution in [0.3, 0.4) is 0 Å². The Hall–Kier alpha value is -14.3. The molecule has 120 heavy (non-hydrogen) atoms. The molecule has 0 unspecified atom stereocenters. The third-order valence-corrected chi connectivity index (χ3v) is 28.7. The lowest BCUT2D eigenvalue weighted by molar-refractivity contribution is 1.34. The Morgan fingerprint density at radius 2 is 0.392 bits per heavy atom. The van der Waals surface area contributed by atoms with E-state index in [1.165, 1.54) is 216 Å². The van der Waals surface area contributed by atoms with E-state index >= 15 is 0 Å². The van der Waals surface area contributed by atoms with Crippen molar-refractivity contribution in [2.45, 2.75) is 0 Å². The molecule has 4 aliphatic carbocycles. The Bertz CT molecular complexity index is 7320. The highest BCUT2D eigenvalue weighted by atomic mass is 32.1. The van der Waals surface area contributed by atoms with E-state index in [0.29, 0.717) is 0 Å². The second kappa shape index (κ2) is 30.0. The van der Waals surface area contributed by atoms with Crippen molar-refractivity contribution < 1.29 is 0 Å². The van der Waals surface area contributed by atoms with Crippen molar-refractivity contribution in [2.24, 2.45) is 0 Å². The summed E-state index contributed by atoms with van der Waals surface area (Å²) < 4.78 is 5.31. The van der Waals surface area contributed by atoms with Gasteiger partial charge in [-0.1, -0.05) is 364 Å². The smallest absolute Gasteiger partial charge is 0.0816 e. The topological polar surface area (TPSA) is 25.8 Å². The summed E-state index contributed by atoms with van der Waals surface area (Å²) in [6.07, 6.45) is 1.88. The third-order valence-electron chi connectivity index (χ3n) is 23.9. The van der Waals surface area contributed by atoms with Crippen LogP contribution in [0.15, 0.2) is 425 Å². The van der Waals surface area contributed by atoms with Gasteiger partial charge in [0.1, 0.15) is 0 Å². The molecule has 560 valence electrons. The molecule has 0 fully saturated rings. The van der Waals surface area contributed by atoms with Crippen molar-refractivity contribution in [3.8, 4) is 198 Å². The van der Waals surface area contributed by atoms with Crippen LogP contribution in [0.2, 0.25) is 0 Å². The second-order valence-electron chi connectivity index (χ2n) is 30.6. The summed E-state index contributed by atoms with van der Waals surface area (Å²) in [5.41, 5.74) is 40.8. The van der Waals surface area contributed by atoms with Crippen LogP contribution in [0.1, 0.15) is 0 Å². The van der Waals surface area contributed by atoms with Gasteiger partial charge in [0, 0.05) is 84.1 Å². The number of fused-ring (bicyclic) bond motifs is 20. The first-order valence-corrected chi connectivity index (χ1v) is 44.0. The fourth-order valence-electron chi connectivity index (χ4n) is 18.7. The largest absolute Gasteiger partial charge is 0.255 e. The molecule has 0 spiro atoms. The van der Waals surface area contributed by atoms with Crippen LogP contribution in [0.25, 0.3) is 238 Å². The number of thiophene rings is 4. The highest BCUT2D eigenvalue weighted by molar-refractivity contribution is 7.24. The molecule has 6 aromatic heterocycles. The van der Waals surface area contributed by atoms with Gasteiger partial charge in [0.15, 0.2) is 0 Å². The number of hydrogen-bond donors (Lipinski definition) is 0. The molecule has 16 aromatic carbocycles. The normalized spacial score (nSPS) is 11.7. The fourth-order valence-corrected chi connectivity index (χ4v) is 23.7. The predicted molar refractivity (Wildman–Crippen MR) is 515 cm³/mol. The standard InChI is InChI=1S/C32H20S.C31H19NS.C26H16S.C25H15NS/c1-2-10-21(11-3-1)22-12-8-13-23(20-22)32-31-28-17-7-6-16-26(28)24-14-4-5-15-25(24)27-18-9-19-29(33-32)30(27)31;1-2-10-20(11-3-1)26-17-9-18-27(32-26)31-30-25-15-7-6-14-23(25)21-12-4-5-13-22(21)24-16-8-19-28(33-31)29(24)30;1-2-9-17(10-3-1)26-25-22-14-7-6-13-20(22)18-11-4-5-12-19(18)21-15-8-16-23(27-26)24(21)25;1-2-9-17-16(8-1)18-10-3-4-11-20(18)24-23-19(17)12-7-14-22(23)27-25(24)21-13-5-6-15-26-21/h1-20H;1-19H;1-16H;1-15H. The molecule has 0 atom stereocenters. The summed E-state index contributed by atoms with van der Waals surface area (Å²) in [5.74, 6) is 0. The summed E-state index contributed by atoms with van der Waals surface area (Å²) in [4.78, 5) is 15.0. The molecule has 0 saturated carbocycles. The summed E-state index contributed by atoms with van der Waals surface area (Å²) in [6.45, 7) is 0. The van der Waals surface area contributed by atoms with Gasteiger partial charge in [-0.3, -0.25) is 4.98 Å². The van der Waals surface area contributed by atoms with Crippen molar-refractivity contribution in [3.63, 3.8) is 0 Å². The summed E-state index contributed by atoms with van der Waals surface area (Å²) in [5, 5.41) is 5.45. The van der Waals surface area contributed by atoms with E-state index in [-0.39, 0.29) is 0 Å². The van der Waals surface area contributed by atoms with E-state index in [2.05, 4.69) is 411 Å². The summed E-state index contributed by atoms with van der Waals surface area (Å²) in [7, 11) is 0. The number of pyridine rings is 2. The molecule has 0 radical (unpaired) electrons. The molecule has 2 nitrogen and oxygen atoms in total. The van der Waals surface area contributed by atoms with Crippen LogP contribution >= 0.6 is 45.3 Å². The molecule has 0 bridgehead atoms. The highest BCUT2D eigenvalue weighted by Crippen LogP contribution is 2.60. The molecule has 26 rings (SSSR count). The third kappa shape index (κ3) is 12.0. The lowest BCUT2D eigenvalue weighted by Gasteiger charge is -2.12. The van der Waals surface area contributed by atoms with Crippen LogP contribution in [-0.2, 0) is 0 Å². The molecular weight excluding hydrogens is 1530 g/mol. The lowest BCUT2D eigenvalue weighted by atomic mass is 9.93. The molecule has 6 heterocycles. The molecule has 0 amide bonds. The van der Waals surface area contributed by atoms with Gasteiger partial charge >= 0.3 is 0 Å². The average Bonchev–Trinajstić information content (AvgIpc) is 1.59. The van der Waals surface area contributed by atoms with Gasteiger partial charge in [-0.25, -0.2) is 4.98 Å². The van der Waals surface area contributed by atoms with Crippen molar-refractivity contribution in [3.05, 3.63) is 425 Å². The predicted octanol–water partition coefficient (Wildman–Crippen LogP) is 33.7. The van der Waals surface area contributed by atoms with Crippen molar-refractivity contribution >= 4 is 85.7 Å². The summed E-state index contributed by atoms with van der Waals surface area (Å²) >= 11 is 7.50. The molecule has 0 saturated heterocycles. The monoisotopic (exact) mass is 1590 g/mol. The molecule has 0 N–H and O–H groups in total. The Labute approximate surface area is 712 Å². The van der Waals surface area contributed by atoms with E-state index in [4.69, 9.17) is 4.98 Å². The Morgan fingerprint density at radius 3 is 0.767 bits per heavy atom. The van der Waals surface area contributed by atoms with Gasteiger partial charge in [-0.15, -0.1) is 45.3 Å². The number of rotatable bonds is 6. The van der Waals surface area contributed by atoms with Gasteiger partial charge < -0.3 is 0 Å². The quantitative estimate of drug-likeness (QED) is 0.166. The van der Waals surface area contributed by atoms with Crippen LogP contribution in [0, 0.1) is 0 Å². The maximum absolute atomic E-state index is 5.13. The second-order valence-corrected chi connectivity index (χ2v) is 34.8. The van der Waals surface area contributed by atoms with Crippen molar-refractivity contribution in [1.82, 2.24) is 9.97 Å². The van der Waals surface area contributed by atoms with Crippen LogP contribution in [0.4, 0.5) is 0 Å². The zero-order valence-electron chi connectivity index (χ0n) is 64.9. The number of aromatic nitrogens is 2. The van der Waals surface area contributed by atoms with E-state index < -0.39 is 0 Å². The minimum Gasteiger partial charge on any atom is -0.255 e. The summed E-state index contributed by atoms with van der Waals surface area (Å²) in [6, 6.07) is 151. The molecule has 4 aliphatic rings. The van der Waals surface area contributed by atoms with Crippen LogP contribution < -0.4 is 0 Å². The number of hydrogen-bond acceptors (Lipinski definition) is 6. The molecule has 22 aromatic rings. The molecular formula is C114H70N2S4. The van der Waals surface area contributed by atoms with Crippen LogP contribution in [-0.4, -0.2) is 9.97 Å². The highest BCUT2D eigenvalue weighted by Gasteiger charge is 2.32. The molecule has 0 aliphatic heterocycles. The Kier molecular flexibility index (Phi) is 17.7. The van der Waals surface area contributed by atoms with Gasteiger partial charge in [0.2, 0.25) is 0 Å². The first-order chi connectivity index (χ1) is 59.6. The van der Waals surface area contributed by atoms with E-state index in [9.17, 15) is 0 Å². The maximum atomic E-state index is 5.13. The van der Waals surface area contributed by atoms with Crippen molar-refractivity contribution in [2.75, 3.05) is 0 Å². The maximum Gasteiger partial charge on any atom is 0.0816 e. The fraction of sp³-hybridized carbons (Fsp3) is 0. The molecule has 6 heteroatoms. The van der Waals surface area contributed by atoms with Gasteiger partial charge in [-0.05, 0) is 188 Å². The SMILES string of the molecule is c1ccc(-c2cccc(-c3sc4cccc5c4c3-c3ccccc3-c3ccccc3-5)c2)cc1.c1ccc(-c2cccc(-c3sc4cccc5c4c3-c3ccccc3-c3ccccc3-5)n2)cc1.c1ccc(-c2sc3cccc4c3c2-c2ccccc2-c2ccccc2-4)cc1.c1ccc(-c2sc3cccc4c3c2-c2ccccc2-c2ccccc2-4)nc1. The minimum absolute atomic E-state index is 1.00. The lowest BCUT2D eigenvalue weighted by Crippen LogP contribution is -1.89. The Balaban J connectivity index is 0.0000000938. The zero-order chi connectivity index (χ0) is 79.1. The van der Waals surface area contributed by atoms with E-state index in [1.54, 1.807) is 0 Å². The van der Waals surface area contributed by atoms with Gasteiger partial charge in [0.25, 0.3) is 0 Å². The first-order valence-electron chi connectivity index (χ1n) is 40.7. The van der Waals surface area contributed by atoms with E-state index in [0.717, 1.165) is 22.6 Å². The minimum atomic E-state index is 1.00. The first kappa shape index (κ1) is 71.0. The van der Waals surface area contributed by atoms with Crippen LogP contribution in [0.5, 0.6) is 0 Å². The Morgan fingerprint density at radius 1 is 0.150 bits per heavy atom. The van der Waals surface area contributed by atoms with Crippen molar-refractivity contribution in [1.29, 1.82) is 0 Å². The van der Waals surface area contributed by atoms with Gasteiger partial charge in [-0.2, -0.15) is 0 Å². The number of benzene rings is 16. The number of nitrogens with zero attached hydrogens (tertiary/aromatic N) is 2. The van der Waals surface area contributed by atoms with E-state index in [1.807, 2.05) is 63.7 Å². The average molecular weight is 1600 g/mol. The zero-order valence-corrected chi connectivity index (χ0v) is 68.2.